The molecule has 1 fully saturated rings. The number of hydrogen-bond acceptors (Lipinski definition) is 6. The molecule has 0 spiro atoms. The summed E-state index contributed by atoms with van der Waals surface area (Å²) in [5.74, 6) is 1.52. The predicted octanol–water partition coefficient (Wildman–Crippen LogP) is 4.49. The standard InChI is InChI=1S/C24H24N4O2/c1-29-18-9-10-19(23(13-18)30-2)22-14-20(21(15-25)24(26)27-22)16-5-7-17(8-6-16)28-11-3-4-12-28/h5-10,13-14H,3-4,11-12H2,1-2H3,(H2,26,27). The van der Waals surface area contributed by atoms with Crippen LogP contribution in [0.2, 0.25) is 0 Å². The number of anilines is 2. The number of nitriles is 1. The van der Waals surface area contributed by atoms with E-state index in [-0.39, 0.29) is 5.82 Å². The molecule has 1 aliphatic heterocycles. The Kier molecular flexibility index (Phi) is 5.44. The molecule has 1 saturated heterocycles. The minimum absolute atomic E-state index is 0.200. The van der Waals surface area contributed by atoms with E-state index in [0.29, 0.717) is 22.8 Å². The molecule has 0 aliphatic carbocycles. The van der Waals surface area contributed by atoms with Crippen LogP contribution >= 0.6 is 0 Å². The topological polar surface area (TPSA) is 84.4 Å². The highest BCUT2D eigenvalue weighted by Crippen LogP contribution is 2.37. The van der Waals surface area contributed by atoms with E-state index in [9.17, 15) is 5.26 Å². The van der Waals surface area contributed by atoms with Gasteiger partial charge in [-0.3, -0.25) is 0 Å². The average molecular weight is 400 g/mol. The third-order valence-electron chi connectivity index (χ3n) is 5.49. The van der Waals surface area contributed by atoms with Crippen LogP contribution in [0.25, 0.3) is 22.4 Å². The minimum atomic E-state index is 0.200. The maximum Gasteiger partial charge on any atom is 0.142 e. The molecule has 0 amide bonds. The van der Waals surface area contributed by atoms with Gasteiger partial charge in [-0.05, 0) is 48.7 Å². The van der Waals surface area contributed by atoms with Crippen LogP contribution in [0, 0.1) is 11.3 Å². The van der Waals surface area contributed by atoms with E-state index in [0.717, 1.165) is 29.8 Å². The Morgan fingerprint density at radius 1 is 0.967 bits per heavy atom. The summed E-state index contributed by atoms with van der Waals surface area (Å²) < 4.78 is 10.8. The molecule has 0 unspecified atom stereocenters. The number of pyridine rings is 1. The third kappa shape index (κ3) is 3.62. The molecule has 0 atom stereocenters. The highest BCUT2D eigenvalue weighted by atomic mass is 16.5. The van der Waals surface area contributed by atoms with Gasteiger partial charge in [0.1, 0.15) is 28.9 Å². The molecule has 3 aromatic rings. The van der Waals surface area contributed by atoms with Crippen molar-refractivity contribution >= 4 is 11.5 Å². The SMILES string of the molecule is COc1ccc(-c2cc(-c3ccc(N4CCCC4)cc3)c(C#N)c(N)n2)c(OC)c1. The molecule has 1 aromatic heterocycles. The van der Waals surface area contributed by atoms with Gasteiger partial charge in [0.15, 0.2) is 0 Å². The first-order chi connectivity index (χ1) is 14.6. The van der Waals surface area contributed by atoms with E-state index in [2.05, 4.69) is 28.1 Å². The lowest BCUT2D eigenvalue weighted by Crippen LogP contribution is -2.17. The maximum absolute atomic E-state index is 9.70. The molecule has 1 aliphatic rings. The highest BCUT2D eigenvalue weighted by Gasteiger charge is 2.17. The second-order valence-electron chi connectivity index (χ2n) is 7.23. The molecule has 30 heavy (non-hydrogen) atoms. The Morgan fingerprint density at radius 3 is 2.33 bits per heavy atom. The van der Waals surface area contributed by atoms with Crippen molar-refractivity contribution in [2.45, 2.75) is 12.8 Å². The molecule has 0 bridgehead atoms. The van der Waals surface area contributed by atoms with Crippen LogP contribution in [0.3, 0.4) is 0 Å². The monoisotopic (exact) mass is 400 g/mol. The summed E-state index contributed by atoms with van der Waals surface area (Å²) in [6.45, 7) is 2.18. The largest absolute Gasteiger partial charge is 0.497 e. The molecule has 2 aromatic carbocycles. The molecule has 6 heteroatoms. The molecule has 4 rings (SSSR count). The van der Waals surface area contributed by atoms with Gasteiger partial charge < -0.3 is 20.1 Å². The Balaban J connectivity index is 1.79. The lowest BCUT2D eigenvalue weighted by atomic mass is 9.98. The van der Waals surface area contributed by atoms with Crippen molar-refractivity contribution in [2.24, 2.45) is 0 Å². The van der Waals surface area contributed by atoms with Crippen LogP contribution in [0.5, 0.6) is 11.5 Å². The van der Waals surface area contributed by atoms with Crippen molar-refractivity contribution in [3.05, 3.63) is 54.1 Å². The highest BCUT2D eigenvalue weighted by molar-refractivity contribution is 5.82. The maximum atomic E-state index is 9.70. The van der Waals surface area contributed by atoms with Crippen molar-refractivity contribution in [3.8, 4) is 40.0 Å². The first kappa shape index (κ1) is 19.6. The fraction of sp³-hybridized carbons (Fsp3) is 0.250. The van der Waals surface area contributed by atoms with E-state index in [1.165, 1.54) is 18.5 Å². The zero-order chi connectivity index (χ0) is 21.1. The number of methoxy groups -OCH3 is 2. The summed E-state index contributed by atoms with van der Waals surface area (Å²) in [6, 6.07) is 17.9. The molecular weight excluding hydrogens is 376 g/mol. The number of rotatable bonds is 5. The summed E-state index contributed by atoms with van der Waals surface area (Å²) in [6.07, 6.45) is 2.46. The van der Waals surface area contributed by atoms with Crippen LogP contribution in [-0.2, 0) is 0 Å². The van der Waals surface area contributed by atoms with Crippen LogP contribution in [0.15, 0.2) is 48.5 Å². The summed E-state index contributed by atoms with van der Waals surface area (Å²) in [5, 5.41) is 9.70. The number of aromatic nitrogens is 1. The van der Waals surface area contributed by atoms with Crippen LogP contribution in [0.1, 0.15) is 18.4 Å². The van der Waals surface area contributed by atoms with Crippen molar-refractivity contribution in [1.82, 2.24) is 4.98 Å². The zero-order valence-corrected chi connectivity index (χ0v) is 17.2. The van der Waals surface area contributed by atoms with Crippen molar-refractivity contribution in [3.63, 3.8) is 0 Å². The number of hydrogen-bond donors (Lipinski definition) is 1. The molecule has 152 valence electrons. The van der Waals surface area contributed by atoms with Gasteiger partial charge in [-0.2, -0.15) is 5.26 Å². The van der Waals surface area contributed by atoms with E-state index in [1.807, 2.05) is 30.3 Å². The Bertz CT molecular complexity index is 1100. The Labute approximate surface area is 176 Å². The number of nitrogens with zero attached hydrogens (tertiary/aromatic N) is 3. The van der Waals surface area contributed by atoms with Crippen LogP contribution in [0.4, 0.5) is 11.5 Å². The summed E-state index contributed by atoms with van der Waals surface area (Å²) in [5.41, 5.74) is 10.9. The first-order valence-electron chi connectivity index (χ1n) is 9.93. The number of ether oxygens (including phenoxy) is 2. The number of nitrogens with two attached hydrogens (primary N) is 1. The quantitative estimate of drug-likeness (QED) is 0.679. The van der Waals surface area contributed by atoms with Gasteiger partial charge >= 0.3 is 0 Å². The summed E-state index contributed by atoms with van der Waals surface area (Å²) in [4.78, 5) is 6.85. The average Bonchev–Trinajstić information content (AvgIpc) is 3.33. The van der Waals surface area contributed by atoms with Gasteiger partial charge in [0, 0.05) is 36.0 Å². The lowest BCUT2D eigenvalue weighted by molar-refractivity contribution is 0.395. The van der Waals surface area contributed by atoms with E-state index in [4.69, 9.17) is 15.2 Å². The third-order valence-corrected chi connectivity index (χ3v) is 5.49. The van der Waals surface area contributed by atoms with E-state index in [1.54, 1.807) is 20.3 Å². The Hall–Kier alpha value is -3.72. The summed E-state index contributed by atoms with van der Waals surface area (Å²) in [7, 11) is 3.21. The van der Waals surface area contributed by atoms with E-state index < -0.39 is 0 Å². The van der Waals surface area contributed by atoms with Gasteiger partial charge in [-0.1, -0.05) is 12.1 Å². The number of nitrogen functional groups attached to an aromatic ring is 1. The lowest BCUT2D eigenvalue weighted by Gasteiger charge is -2.18. The predicted molar refractivity (Wildman–Crippen MR) is 119 cm³/mol. The second kappa shape index (κ2) is 8.34. The first-order valence-corrected chi connectivity index (χ1v) is 9.93. The molecular formula is C24H24N4O2. The van der Waals surface area contributed by atoms with Gasteiger partial charge in [0.2, 0.25) is 0 Å². The smallest absolute Gasteiger partial charge is 0.142 e. The van der Waals surface area contributed by atoms with Crippen LogP contribution < -0.4 is 20.1 Å². The second-order valence-corrected chi connectivity index (χ2v) is 7.23. The minimum Gasteiger partial charge on any atom is -0.497 e. The van der Waals surface area contributed by atoms with Crippen molar-refractivity contribution in [2.75, 3.05) is 37.9 Å². The van der Waals surface area contributed by atoms with Gasteiger partial charge in [0.05, 0.1) is 19.9 Å². The Morgan fingerprint density at radius 2 is 1.70 bits per heavy atom. The molecule has 0 radical (unpaired) electrons. The summed E-state index contributed by atoms with van der Waals surface area (Å²) >= 11 is 0. The van der Waals surface area contributed by atoms with E-state index >= 15 is 0 Å². The molecule has 0 saturated carbocycles. The van der Waals surface area contributed by atoms with Gasteiger partial charge in [-0.15, -0.1) is 0 Å². The molecule has 2 N–H and O–H groups in total. The van der Waals surface area contributed by atoms with Gasteiger partial charge in [-0.25, -0.2) is 4.98 Å². The fourth-order valence-electron chi connectivity index (χ4n) is 3.89. The number of benzene rings is 2. The van der Waals surface area contributed by atoms with Gasteiger partial charge in [0.25, 0.3) is 0 Å². The fourth-order valence-corrected chi connectivity index (χ4v) is 3.89. The molecule has 6 nitrogen and oxygen atoms in total. The zero-order valence-electron chi connectivity index (χ0n) is 17.2. The van der Waals surface area contributed by atoms with Crippen LogP contribution in [-0.4, -0.2) is 32.3 Å². The molecule has 2 heterocycles. The normalized spacial score (nSPS) is 13.2. The van der Waals surface area contributed by atoms with Crippen molar-refractivity contribution in [1.29, 1.82) is 5.26 Å². The van der Waals surface area contributed by atoms with Crippen molar-refractivity contribution < 1.29 is 9.47 Å².